The Balaban J connectivity index is 1.35. The lowest BCUT2D eigenvalue weighted by Gasteiger charge is -2.28. The van der Waals surface area contributed by atoms with E-state index < -0.39 is 0 Å². The summed E-state index contributed by atoms with van der Waals surface area (Å²) in [6.45, 7) is 5.06. The normalized spacial score (nSPS) is 13.4. The molecule has 0 radical (unpaired) electrons. The molecule has 1 saturated heterocycles. The van der Waals surface area contributed by atoms with Crippen LogP contribution < -0.4 is 15.5 Å². The minimum Gasteiger partial charge on any atom is -0.378 e. The van der Waals surface area contributed by atoms with E-state index in [9.17, 15) is 9.59 Å². The predicted molar refractivity (Wildman–Crippen MR) is 132 cm³/mol. The first-order valence-electron chi connectivity index (χ1n) is 10.8. The smallest absolute Gasteiger partial charge is 0.257 e. The van der Waals surface area contributed by atoms with Crippen LogP contribution in [0.1, 0.15) is 15.9 Å². The zero-order valence-electron chi connectivity index (χ0n) is 18.4. The van der Waals surface area contributed by atoms with Crippen LogP contribution in [0.5, 0.6) is 0 Å². The van der Waals surface area contributed by atoms with E-state index in [-0.39, 0.29) is 17.6 Å². The molecule has 0 spiro atoms. The number of morpholine rings is 1. The van der Waals surface area contributed by atoms with E-state index in [2.05, 4.69) is 20.5 Å². The van der Waals surface area contributed by atoms with Crippen molar-refractivity contribution in [2.45, 2.75) is 11.8 Å². The molecule has 33 heavy (non-hydrogen) atoms. The molecule has 2 heterocycles. The van der Waals surface area contributed by atoms with Crippen molar-refractivity contribution in [3.8, 4) is 0 Å². The first-order valence-corrected chi connectivity index (χ1v) is 11.8. The van der Waals surface area contributed by atoms with E-state index in [1.807, 2.05) is 49.4 Å². The number of rotatable bonds is 7. The molecule has 7 nitrogen and oxygen atoms in total. The van der Waals surface area contributed by atoms with Crippen LogP contribution in [0.2, 0.25) is 0 Å². The highest BCUT2D eigenvalue weighted by molar-refractivity contribution is 8.00. The van der Waals surface area contributed by atoms with Gasteiger partial charge in [-0.2, -0.15) is 0 Å². The Morgan fingerprint density at radius 1 is 1.00 bits per heavy atom. The quantitative estimate of drug-likeness (QED) is 0.512. The van der Waals surface area contributed by atoms with E-state index in [1.165, 1.54) is 11.8 Å². The van der Waals surface area contributed by atoms with Gasteiger partial charge in [-0.05, 0) is 43.3 Å². The molecular formula is C25H26N4O3S. The zero-order chi connectivity index (χ0) is 23.0. The number of aromatic nitrogens is 1. The minimum atomic E-state index is -0.260. The molecule has 170 valence electrons. The molecule has 4 rings (SSSR count). The molecule has 3 aromatic rings. The molecule has 0 unspecified atom stereocenters. The average Bonchev–Trinajstić information content (AvgIpc) is 2.85. The predicted octanol–water partition coefficient (Wildman–Crippen LogP) is 4.21. The summed E-state index contributed by atoms with van der Waals surface area (Å²) >= 11 is 1.33. The second-order valence-corrected chi connectivity index (χ2v) is 8.67. The van der Waals surface area contributed by atoms with Crippen LogP contribution in [0.15, 0.2) is 71.8 Å². The number of thioether (sulfide) groups is 1. The second-order valence-electron chi connectivity index (χ2n) is 7.65. The summed E-state index contributed by atoms with van der Waals surface area (Å²) in [4.78, 5) is 32.6. The van der Waals surface area contributed by atoms with Gasteiger partial charge in [0.1, 0.15) is 5.82 Å². The lowest BCUT2D eigenvalue weighted by molar-refractivity contribution is -0.113. The Morgan fingerprint density at radius 2 is 1.76 bits per heavy atom. The maximum Gasteiger partial charge on any atom is 0.257 e. The number of carbonyl (C=O) groups is 2. The first-order chi connectivity index (χ1) is 16.1. The fourth-order valence-electron chi connectivity index (χ4n) is 3.41. The van der Waals surface area contributed by atoms with Gasteiger partial charge in [-0.1, -0.05) is 29.8 Å². The van der Waals surface area contributed by atoms with E-state index in [0.717, 1.165) is 34.9 Å². The molecule has 0 atom stereocenters. The van der Waals surface area contributed by atoms with Crippen LogP contribution in [-0.2, 0) is 9.53 Å². The first kappa shape index (κ1) is 22.8. The zero-order valence-corrected chi connectivity index (χ0v) is 19.2. The number of hydrogen-bond acceptors (Lipinski definition) is 6. The van der Waals surface area contributed by atoms with Crippen molar-refractivity contribution in [3.05, 3.63) is 78.0 Å². The monoisotopic (exact) mass is 462 g/mol. The number of nitrogens with zero attached hydrogens (tertiary/aromatic N) is 2. The number of pyridine rings is 1. The summed E-state index contributed by atoms with van der Waals surface area (Å²) in [7, 11) is 0. The molecule has 8 heteroatoms. The molecule has 1 aliphatic heterocycles. The number of hydrogen-bond donors (Lipinski definition) is 2. The Labute approximate surface area is 197 Å². The lowest BCUT2D eigenvalue weighted by atomic mass is 10.2. The van der Waals surface area contributed by atoms with E-state index in [0.29, 0.717) is 24.6 Å². The second kappa shape index (κ2) is 11.0. The third-order valence-corrected chi connectivity index (χ3v) is 6.27. The Morgan fingerprint density at radius 3 is 2.48 bits per heavy atom. The summed E-state index contributed by atoms with van der Waals surface area (Å²) in [5.41, 5.74) is 3.40. The van der Waals surface area contributed by atoms with Gasteiger partial charge in [0, 0.05) is 23.7 Å². The molecule has 0 aliphatic carbocycles. The van der Waals surface area contributed by atoms with E-state index in [4.69, 9.17) is 4.74 Å². The SMILES string of the molecule is Cc1ccc(NC(=O)CSc2ccccc2C(=O)Nc2ccc(N3CCOCC3)cn2)cc1. The highest BCUT2D eigenvalue weighted by Gasteiger charge is 2.15. The number of nitrogens with one attached hydrogen (secondary N) is 2. The molecular weight excluding hydrogens is 436 g/mol. The molecule has 2 amide bonds. The maximum atomic E-state index is 12.9. The van der Waals surface area contributed by atoms with Crippen molar-refractivity contribution in [2.75, 3.05) is 47.6 Å². The molecule has 0 bridgehead atoms. The fraction of sp³-hybridized carbons (Fsp3) is 0.240. The highest BCUT2D eigenvalue weighted by Crippen LogP contribution is 2.24. The van der Waals surface area contributed by atoms with Crippen LogP contribution in [0.3, 0.4) is 0 Å². The van der Waals surface area contributed by atoms with Crippen LogP contribution >= 0.6 is 11.8 Å². The van der Waals surface area contributed by atoms with Gasteiger partial charge in [0.25, 0.3) is 5.91 Å². The van der Waals surface area contributed by atoms with E-state index in [1.54, 1.807) is 24.4 Å². The van der Waals surface area contributed by atoms with Gasteiger partial charge in [0.2, 0.25) is 5.91 Å². The lowest BCUT2D eigenvalue weighted by Crippen LogP contribution is -2.36. The molecule has 1 aliphatic rings. The fourth-order valence-corrected chi connectivity index (χ4v) is 4.26. The standard InChI is InChI=1S/C25H26N4O3S/c1-18-6-8-19(9-7-18)27-24(30)17-33-22-5-3-2-4-21(22)25(31)28-23-11-10-20(16-26-23)29-12-14-32-15-13-29/h2-11,16H,12-15,17H2,1H3,(H,27,30)(H,26,28,31). The largest absolute Gasteiger partial charge is 0.378 e. The molecule has 2 N–H and O–H groups in total. The molecule has 2 aromatic carbocycles. The van der Waals surface area contributed by atoms with Crippen LogP contribution in [0.4, 0.5) is 17.2 Å². The third-order valence-electron chi connectivity index (χ3n) is 5.19. The van der Waals surface area contributed by atoms with Crippen molar-refractivity contribution in [2.24, 2.45) is 0 Å². The molecule has 1 aromatic heterocycles. The summed E-state index contributed by atoms with van der Waals surface area (Å²) in [5, 5.41) is 5.73. The van der Waals surface area contributed by atoms with Gasteiger partial charge in [0.05, 0.1) is 36.4 Å². The number of ether oxygens (including phenoxy) is 1. The van der Waals surface area contributed by atoms with Crippen molar-refractivity contribution >= 4 is 40.8 Å². The minimum absolute atomic E-state index is 0.126. The van der Waals surface area contributed by atoms with Gasteiger partial charge in [0.15, 0.2) is 0 Å². The number of aryl methyl sites for hydroxylation is 1. The summed E-state index contributed by atoms with van der Waals surface area (Å²) in [6, 6.07) is 18.6. The average molecular weight is 463 g/mol. The third kappa shape index (κ3) is 6.34. The maximum absolute atomic E-state index is 12.9. The van der Waals surface area contributed by atoms with Crippen LogP contribution in [0.25, 0.3) is 0 Å². The Kier molecular flexibility index (Phi) is 7.59. The molecule has 1 fully saturated rings. The van der Waals surface area contributed by atoms with Crippen LogP contribution in [-0.4, -0.2) is 48.9 Å². The topological polar surface area (TPSA) is 83.6 Å². The van der Waals surface area contributed by atoms with Gasteiger partial charge in [-0.3, -0.25) is 9.59 Å². The Hall–Kier alpha value is -3.36. The number of anilines is 3. The van der Waals surface area contributed by atoms with Gasteiger partial charge in [-0.25, -0.2) is 4.98 Å². The van der Waals surface area contributed by atoms with Crippen molar-refractivity contribution in [1.29, 1.82) is 0 Å². The van der Waals surface area contributed by atoms with Crippen molar-refractivity contribution in [3.63, 3.8) is 0 Å². The summed E-state index contributed by atoms with van der Waals surface area (Å²) in [5.74, 6) is 0.294. The number of benzene rings is 2. The van der Waals surface area contributed by atoms with Crippen LogP contribution in [0, 0.1) is 6.92 Å². The van der Waals surface area contributed by atoms with E-state index >= 15 is 0 Å². The summed E-state index contributed by atoms with van der Waals surface area (Å²) < 4.78 is 5.38. The van der Waals surface area contributed by atoms with Gasteiger partial charge in [-0.15, -0.1) is 11.8 Å². The summed E-state index contributed by atoms with van der Waals surface area (Å²) in [6.07, 6.45) is 1.76. The van der Waals surface area contributed by atoms with Gasteiger partial charge >= 0.3 is 0 Å². The van der Waals surface area contributed by atoms with Gasteiger partial charge < -0.3 is 20.3 Å². The van der Waals surface area contributed by atoms with Crippen molar-refractivity contribution in [1.82, 2.24) is 4.98 Å². The highest BCUT2D eigenvalue weighted by atomic mass is 32.2. The Bertz CT molecular complexity index is 1100. The number of amides is 2. The number of carbonyl (C=O) groups excluding carboxylic acids is 2. The molecule has 0 saturated carbocycles. The van der Waals surface area contributed by atoms with Crippen molar-refractivity contribution < 1.29 is 14.3 Å².